The molecular weight excluding hydrogens is 458 g/mol. The summed E-state index contributed by atoms with van der Waals surface area (Å²) in [4.78, 5) is -0.417. The van der Waals surface area contributed by atoms with E-state index in [9.17, 15) is 13.7 Å². The number of hydrogen-bond donors (Lipinski definition) is 0. The van der Waals surface area contributed by atoms with E-state index in [1.54, 1.807) is 30.1 Å². The van der Waals surface area contributed by atoms with Crippen molar-refractivity contribution in [3.8, 4) is 28.8 Å². The van der Waals surface area contributed by atoms with Gasteiger partial charge in [-0.2, -0.15) is 10.4 Å². The molecule has 0 bridgehead atoms. The molecule has 0 spiro atoms. The van der Waals surface area contributed by atoms with Crippen LogP contribution in [0.5, 0.6) is 5.75 Å². The Bertz CT molecular complexity index is 1470. The third-order valence-electron chi connectivity index (χ3n) is 4.92. The number of hydrogen-bond acceptors (Lipinski definition) is 5. The summed E-state index contributed by atoms with van der Waals surface area (Å²) in [5.74, 6) is 0.631. The van der Waals surface area contributed by atoms with Crippen molar-refractivity contribution >= 4 is 27.5 Å². The molecule has 1 aromatic heterocycles. The number of ether oxygens (including phenoxy) is 1. The zero-order valence-corrected chi connectivity index (χ0v) is 19.1. The van der Waals surface area contributed by atoms with Gasteiger partial charge in [0.15, 0.2) is 0 Å². The molecule has 0 fully saturated rings. The molecule has 0 atom stereocenters. The minimum absolute atomic E-state index is 0.0157. The molecule has 0 unspecified atom stereocenters. The summed E-state index contributed by atoms with van der Waals surface area (Å²) in [6.07, 6.45) is 3.03. The molecule has 0 radical (unpaired) electrons. The monoisotopic (exact) mass is 475 g/mol. The highest BCUT2D eigenvalue weighted by Crippen LogP contribution is 2.30. The van der Waals surface area contributed by atoms with Crippen molar-refractivity contribution in [2.45, 2.75) is 4.90 Å². The van der Waals surface area contributed by atoms with Crippen LogP contribution in [0.3, 0.4) is 0 Å². The molecule has 0 N–H and O–H groups in total. The molecule has 164 valence electrons. The smallest absolute Gasteiger partial charge is 0.216 e. The van der Waals surface area contributed by atoms with Gasteiger partial charge in [-0.05, 0) is 54.6 Å². The summed E-state index contributed by atoms with van der Waals surface area (Å²) in [6, 6.07) is 24.2. The zero-order valence-electron chi connectivity index (χ0n) is 17.5. The topological polar surface area (TPSA) is 85.0 Å². The third kappa shape index (κ3) is 4.67. The molecular formula is C25H18ClN3O3S. The molecule has 0 aliphatic heterocycles. The number of nitriles is 1. The summed E-state index contributed by atoms with van der Waals surface area (Å²) in [5.41, 5.74) is 2.50. The van der Waals surface area contributed by atoms with Crippen LogP contribution < -0.4 is 4.74 Å². The van der Waals surface area contributed by atoms with Crippen molar-refractivity contribution in [3.05, 3.63) is 101 Å². The van der Waals surface area contributed by atoms with Crippen molar-refractivity contribution in [1.82, 2.24) is 9.78 Å². The van der Waals surface area contributed by atoms with Crippen molar-refractivity contribution in [2.24, 2.45) is 0 Å². The van der Waals surface area contributed by atoms with Gasteiger partial charge in [0, 0.05) is 22.3 Å². The number of halogens is 1. The fourth-order valence-corrected chi connectivity index (χ4v) is 4.53. The molecule has 0 saturated carbocycles. The van der Waals surface area contributed by atoms with E-state index in [1.807, 2.05) is 48.5 Å². The lowest BCUT2D eigenvalue weighted by Crippen LogP contribution is -2.03. The van der Waals surface area contributed by atoms with Gasteiger partial charge in [0.1, 0.15) is 22.4 Å². The molecule has 0 saturated heterocycles. The predicted octanol–water partition coefficient (Wildman–Crippen LogP) is 5.54. The van der Waals surface area contributed by atoms with Crippen LogP contribution in [0.15, 0.2) is 94.9 Å². The van der Waals surface area contributed by atoms with Gasteiger partial charge in [0.05, 0.1) is 17.7 Å². The first kappa shape index (κ1) is 22.3. The Morgan fingerprint density at radius 3 is 2.45 bits per heavy atom. The third-order valence-corrected chi connectivity index (χ3v) is 6.85. The van der Waals surface area contributed by atoms with Crippen molar-refractivity contribution in [3.63, 3.8) is 0 Å². The molecule has 3 aromatic carbocycles. The van der Waals surface area contributed by atoms with Gasteiger partial charge < -0.3 is 4.74 Å². The van der Waals surface area contributed by atoms with Crippen LogP contribution in [0, 0.1) is 11.3 Å². The standard InChI is InChI=1S/C25H18ClN3O3S/c1-32-22-9-5-6-18(14-22)25-19(17-29(28-25)21-7-3-2-4-8-21)15-24(16-27)33(30,31)23-12-10-20(26)11-13-23/h2-15,17H,1H3/b24-15-. The molecule has 6 nitrogen and oxygen atoms in total. The van der Waals surface area contributed by atoms with Gasteiger partial charge in [-0.1, -0.05) is 41.9 Å². The highest BCUT2D eigenvalue weighted by atomic mass is 35.5. The number of nitrogens with zero attached hydrogens (tertiary/aromatic N) is 3. The van der Waals surface area contributed by atoms with Crippen LogP contribution in [0.1, 0.15) is 5.56 Å². The average molecular weight is 476 g/mol. The Kier molecular flexibility index (Phi) is 6.31. The summed E-state index contributed by atoms with van der Waals surface area (Å²) in [5, 5.41) is 14.8. The lowest BCUT2D eigenvalue weighted by molar-refractivity contribution is 0.415. The number of rotatable bonds is 6. The van der Waals surface area contributed by atoms with Crippen molar-refractivity contribution < 1.29 is 13.2 Å². The Morgan fingerprint density at radius 2 is 1.79 bits per heavy atom. The van der Waals surface area contributed by atoms with Gasteiger partial charge in [0.25, 0.3) is 0 Å². The minimum atomic E-state index is -4.05. The van der Waals surface area contributed by atoms with Crippen molar-refractivity contribution in [1.29, 1.82) is 5.26 Å². The molecule has 0 amide bonds. The van der Waals surface area contributed by atoms with E-state index in [-0.39, 0.29) is 4.90 Å². The molecule has 0 aliphatic rings. The van der Waals surface area contributed by atoms with Gasteiger partial charge in [0.2, 0.25) is 9.84 Å². The number of para-hydroxylation sites is 1. The van der Waals surface area contributed by atoms with Gasteiger partial charge in [-0.25, -0.2) is 13.1 Å². The number of aromatic nitrogens is 2. The second kappa shape index (κ2) is 9.33. The number of allylic oxidation sites excluding steroid dienone is 1. The largest absolute Gasteiger partial charge is 0.497 e. The SMILES string of the molecule is COc1cccc(-c2nn(-c3ccccc3)cc2/C=C(/C#N)S(=O)(=O)c2ccc(Cl)cc2)c1. The summed E-state index contributed by atoms with van der Waals surface area (Å²) >= 11 is 5.88. The molecule has 4 rings (SSSR count). The zero-order chi connectivity index (χ0) is 23.4. The normalized spacial score (nSPS) is 11.7. The lowest BCUT2D eigenvalue weighted by atomic mass is 10.1. The van der Waals surface area contributed by atoms with Crippen LogP contribution in [0.2, 0.25) is 5.02 Å². The molecule has 0 aliphatic carbocycles. The van der Waals surface area contributed by atoms with Crippen LogP contribution >= 0.6 is 11.6 Å². The first-order valence-electron chi connectivity index (χ1n) is 9.84. The highest BCUT2D eigenvalue weighted by Gasteiger charge is 2.22. The van der Waals surface area contributed by atoms with Crippen LogP contribution in [0.4, 0.5) is 0 Å². The first-order chi connectivity index (χ1) is 15.9. The van der Waals surface area contributed by atoms with E-state index >= 15 is 0 Å². The van der Waals surface area contributed by atoms with Gasteiger partial charge >= 0.3 is 0 Å². The second-order valence-electron chi connectivity index (χ2n) is 7.02. The van der Waals surface area contributed by atoms with E-state index in [0.29, 0.717) is 22.0 Å². The lowest BCUT2D eigenvalue weighted by Gasteiger charge is -2.05. The quantitative estimate of drug-likeness (QED) is 0.342. The predicted molar refractivity (Wildman–Crippen MR) is 128 cm³/mol. The Morgan fingerprint density at radius 1 is 1.06 bits per heavy atom. The second-order valence-corrected chi connectivity index (χ2v) is 9.38. The van der Waals surface area contributed by atoms with E-state index in [0.717, 1.165) is 11.3 Å². The van der Waals surface area contributed by atoms with Gasteiger partial charge in [-0.3, -0.25) is 0 Å². The van der Waals surface area contributed by atoms with Crippen LogP contribution in [-0.2, 0) is 9.84 Å². The van der Waals surface area contributed by atoms with E-state index < -0.39 is 14.7 Å². The van der Waals surface area contributed by atoms with E-state index in [1.165, 1.54) is 30.3 Å². The maximum absolute atomic E-state index is 13.1. The first-order valence-corrected chi connectivity index (χ1v) is 11.7. The van der Waals surface area contributed by atoms with Crippen LogP contribution in [-0.4, -0.2) is 25.3 Å². The van der Waals surface area contributed by atoms with Crippen LogP contribution in [0.25, 0.3) is 23.0 Å². The maximum Gasteiger partial charge on any atom is 0.216 e. The number of sulfone groups is 1. The minimum Gasteiger partial charge on any atom is -0.497 e. The van der Waals surface area contributed by atoms with E-state index in [4.69, 9.17) is 16.3 Å². The molecule has 1 heterocycles. The summed E-state index contributed by atoms with van der Waals surface area (Å²) in [6.45, 7) is 0. The molecule has 33 heavy (non-hydrogen) atoms. The van der Waals surface area contributed by atoms with E-state index in [2.05, 4.69) is 5.10 Å². The average Bonchev–Trinajstić information content (AvgIpc) is 3.27. The summed E-state index contributed by atoms with van der Waals surface area (Å²) in [7, 11) is -2.49. The molecule has 8 heteroatoms. The van der Waals surface area contributed by atoms with Crippen molar-refractivity contribution in [2.75, 3.05) is 7.11 Å². The fourth-order valence-electron chi connectivity index (χ4n) is 3.25. The number of benzene rings is 3. The Labute approximate surface area is 196 Å². The molecule has 4 aromatic rings. The number of methoxy groups -OCH3 is 1. The fraction of sp³-hybridized carbons (Fsp3) is 0.0400. The van der Waals surface area contributed by atoms with Gasteiger partial charge in [-0.15, -0.1) is 0 Å². The summed E-state index contributed by atoms with van der Waals surface area (Å²) < 4.78 is 33.2. The highest BCUT2D eigenvalue weighted by molar-refractivity contribution is 7.95. The Balaban J connectivity index is 1.89. The maximum atomic E-state index is 13.1. The Hall–Kier alpha value is -3.86.